The van der Waals surface area contributed by atoms with Gasteiger partial charge in [-0.2, -0.15) is 0 Å². The molecule has 0 spiro atoms. The molecule has 1 aliphatic carbocycles. The van der Waals surface area contributed by atoms with E-state index in [4.69, 9.17) is 10.8 Å². The molecular formula is C37H49N9O9. The Hall–Kier alpha value is -5.65. The van der Waals surface area contributed by atoms with Crippen LogP contribution < -0.4 is 27.2 Å². The number of carbonyl (C=O) groups is 6. The highest BCUT2D eigenvalue weighted by Crippen LogP contribution is 2.33. The van der Waals surface area contributed by atoms with Crippen LogP contribution in [0, 0.1) is 5.92 Å². The number of carbonyl (C=O) groups excluding carboxylic acids is 5. The Morgan fingerprint density at radius 1 is 1.04 bits per heavy atom. The predicted octanol–water partition coefficient (Wildman–Crippen LogP) is 1.24. The Morgan fingerprint density at radius 2 is 1.76 bits per heavy atom. The third-order valence-corrected chi connectivity index (χ3v) is 10.4. The molecule has 55 heavy (non-hydrogen) atoms. The van der Waals surface area contributed by atoms with E-state index >= 15 is 0 Å². The van der Waals surface area contributed by atoms with Crippen molar-refractivity contribution in [1.82, 2.24) is 40.8 Å². The number of nitrogens with zero attached hydrogens (tertiary/aromatic N) is 4. The second-order valence-corrected chi connectivity index (χ2v) is 14.9. The molecule has 2 aliphatic rings. The van der Waals surface area contributed by atoms with E-state index in [9.17, 15) is 38.7 Å². The molecule has 1 saturated carbocycles. The molecule has 2 aromatic heterocycles. The quantitative estimate of drug-likeness (QED) is 0.0805. The van der Waals surface area contributed by atoms with Gasteiger partial charge < -0.3 is 41.8 Å². The fraction of sp³-hybridized carbons (Fsp3) is 0.541. The number of pyridine rings is 1. The Balaban J connectivity index is 1.46. The summed E-state index contributed by atoms with van der Waals surface area (Å²) in [5.41, 5.74) is 3.75. The predicted molar refractivity (Wildman–Crippen MR) is 197 cm³/mol. The third-order valence-electron chi connectivity index (χ3n) is 10.4. The van der Waals surface area contributed by atoms with Crippen molar-refractivity contribution in [3.8, 4) is 0 Å². The average Bonchev–Trinajstić information content (AvgIpc) is 3.82. The summed E-state index contributed by atoms with van der Waals surface area (Å²) in [6, 6.07) is 3.96. The summed E-state index contributed by atoms with van der Waals surface area (Å²) in [5.74, 6) is -4.25. The van der Waals surface area contributed by atoms with E-state index in [-0.39, 0.29) is 50.4 Å². The minimum Gasteiger partial charge on any atom is -0.465 e. The first kappa shape index (κ1) is 40.5. The molecule has 1 aromatic carbocycles. The smallest absolute Gasteiger partial charge is 0.404 e. The van der Waals surface area contributed by atoms with Gasteiger partial charge in [-0.3, -0.25) is 28.8 Å². The molecule has 1 aliphatic heterocycles. The van der Waals surface area contributed by atoms with Crippen LogP contribution in [0.3, 0.4) is 0 Å². The van der Waals surface area contributed by atoms with Gasteiger partial charge in [-0.05, 0) is 63.0 Å². The van der Waals surface area contributed by atoms with Crippen LogP contribution in [0.2, 0.25) is 0 Å². The van der Waals surface area contributed by atoms with E-state index < -0.39 is 70.8 Å². The Labute approximate surface area is 316 Å². The van der Waals surface area contributed by atoms with Crippen molar-refractivity contribution in [2.24, 2.45) is 11.7 Å². The maximum atomic E-state index is 14.8. The van der Waals surface area contributed by atoms with Gasteiger partial charge in [0, 0.05) is 24.9 Å². The van der Waals surface area contributed by atoms with E-state index in [0.717, 1.165) is 32.1 Å². The van der Waals surface area contributed by atoms with Gasteiger partial charge in [-0.15, -0.1) is 5.10 Å². The summed E-state index contributed by atoms with van der Waals surface area (Å²) >= 11 is 0. The first-order chi connectivity index (χ1) is 26.1. The molecule has 5 rings (SSSR count). The highest BCUT2D eigenvalue weighted by atomic mass is 16.4. The molecular weight excluding hydrogens is 714 g/mol. The Bertz CT molecular complexity index is 1960. The van der Waals surface area contributed by atoms with Gasteiger partial charge in [0.15, 0.2) is 0 Å². The highest BCUT2D eigenvalue weighted by molar-refractivity contribution is 6.37. The van der Waals surface area contributed by atoms with E-state index in [0.29, 0.717) is 22.9 Å². The van der Waals surface area contributed by atoms with Crippen molar-refractivity contribution in [2.45, 2.75) is 108 Å². The van der Waals surface area contributed by atoms with Crippen LogP contribution in [0.5, 0.6) is 0 Å². The number of hydrogen-bond donors (Lipinski definition) is 7. The van der Waals surface area contributed by atoms with Gasteiger partial charge in [-0.1, -0.05) is 55.5 Å². The lowest BCUT2D eigenvalue weighted by molar-refractivity contribution is -0.142. The molecule has 18 nitrogen and oxygen atoms in total. The normalized spacial score (nSPS) is 18.7. The number of nitrogens with one attached hydrogen (secondary N) is 4. The number of nitrogens with two attached hydrogens (primary N) is 1. The number of fused-ring (bicyclic) bond motifs is 1. The minimum absolute atomic E-state index is 0.0217. The lowest BCUT2D eigenvalue weighted by Crippen LogP contribution is -2.56. The van der Waals surface area contributed by atoms with Crippen LogP contribution in [0.4, 0.5) is 4.79 Å². The number of rotatable bonds is 16. The van der Waals surface area contributed by atoms with Gasteiger partial charge in [-0.25, -0.2) is 9.48 Å². The zero-order valence-electron chi connectivity index (χ0n) is 31.0. The maximum absolute atomic E-state index is 14.8. The highest BCUT2D eigenvalue weighted by Gasteiger charge is 2.45. The van der Waals surface area contributed by atoms with E-state index in [1.54, 1.807) is 38.1 Å². The van der Waals surface area contributed by atoms with E-state index in [1.165, 1.54) is 21.8 Å². The second-order valence-electron chi connectivity index (χ2n) is 14.9. The molecule has 0 radical (unpaired) electrons. The molecule has 5 amide bonds. The van der Waals surface area contributed by atoms with Crippen molar-refractivity contribution in [1.29, 1.82) is 0 Å². The lowest BCUT2D eigenvalue weighted by atomic mass is 9.84. The van der Waals surface area contributed by atoms with Gasteiger partial charge >= 0.3 is 6.09 Å². The number of unbranched alkanes of at least 4 members (excludes halogenated alkanes) is 1. The fourth-order valence-corrected chi connectivity index (χ4v) is 7.56. The van der Waals surface area contributed by atoms with Crippen LogP contribution in [0.1, 0.15) is 100 Å². The van der Waals surface area contributed by atoms with Gasteiger partial charge in [0.2, 0.25) is 17.6 Å². The Morgan fingerprint density at radius 3 is 2.45 bits per heavy atom. The van der Waals surface area contributed by atoms with Crippen LogP contribution in [-0.4, -0.2) is 102 Å². The molecule has 8 N–H and O–H groups in total. The number of amides is 5. The topological polar surface area (TPSA) is 272 Å². The SMILES string of the molecule is CC(C)(O)c1cnnn1[C@H]1C[C@@H](C(=O)NC(CCCCNC(=O)O)C(=O)C(N)=O)N(C(=O)C(CC2CCCCC2)NC(=O)c2cc3ccccc3c(=O)[nH]2)C1. The Kier molecular flexibility index (Phi) is 13.0. The molecule has 3 aromatic rings. The minimum atomic E-state index is -1.39. The zero-order chi connectivity index (χ0) is 39.9. The third kappa shape index (κ3) is 10.1. The molecule has 4 atom stereocenters. The number of aromatic nitrogens is 4. The molecule has 296 valence electrons. The second kappa shape index (κ2) is 17.7. The molecule has 2 fully saturated rings. The van der Waals surface area contributed by atoms with Crippen LogP contribution in [0.25, 0.3) is 10.8 Å². The van der Waals surface area contributed by atoms with Crippen molar-refractivity contribution >= 4 is 46.3 Å². The number of aliphatic hydroxyl groups is 1. The standard InChI is InChI=1S/C37H49N9O9/c1-37(2,55)29-19-40-44-46(29)23-18-28(34(51)41-25(30(47)31(38)48)14-8-9-15-39-36(53)54)45(20-23)35(52)27(16-21-10-4-3-5-11-21)43-33(50)26-17-22-12-6-7-13-24(22)32(49)42-26/h6-7,12-13,17,19,21,23,25,27-28,39,55H,3-5,8-11,14-16,18,20H2,1-2H3,(H2,38,48)(H,41,51)(H,42,49)(H,43,50)(H,53,54)/t23-,25?,27?,28-/m0/s1. The molecule has 1 saturated heterocycles. The van der Waals surface area contributed by atoms with Crippen LogP contribution in [-0.2, 0) is 24.8 Å². The number of ketones is 1. The lowest BCUT2D eigenvalue weighted by Gasteiger charge is -2.32. The number of benzene rings is 1. The van der Waals surface area contributed by atoms with Crippen molar-refractivity contribution in [3.63, 3.8) is 0 Å². The first-order valence-corrected chi connectivity index (χ1v) is 18.6. The van der Waals surface area contributed by atoms with Crippen molar-refractivity contribution < 1.29 is 39.0 Å². The summed E-state index contributed by atoms with van der Waals surface area (Å²) in [4.78, 5) is 95.2. The molecule has 3 heterocycles. The summed E-state index contributed by atoms with van der Waals surface area (Å²) in [5, 5.41) is 36.4. The number of aromatic amines is 1. The van der Waals surface area contributed by atoms with E-state index in [1.807, 2.05) is 0 Å². The summed E-state index contributed by atoms with van der Waals surface area (Å²) in [6.45, 7) is 3.09. The largest absolute Gasteiger partial charge is 0.465 e. The first-order valence-electron chi connectivity index (χ1n) is 18.6. The number of H-pyrrole nitrogens is 1. The number of Topliss-reactive ketones (excluding diaryl/α,β-unsaturated/α-hetero) is 1. The van der Waals surface area contributed by atoms with Crippen molar-refractivity contribution in [3.05, 3.63) is 58.3 Å². The number of carboxylic acid groups (broad SMARTS) is 1. The zero-order valence-corrected chi connectivity index (χ0v) is 31.0. The monoisotopic (exact) mass is 763 g/mol. The van der Waals surface area contributed by atoms with E-state index in [2.05, 4.69) is 31.2 Å². The number of likely N-dealkylation sites (tertiary alicyclic amines) is 1. The number of primary amides is 1. The summed E-state index contributed by atoms with van der Waals surface area (Å²) < 4.78 is 1.45. The van der Waals surface area contributed by atoms with Crippen LogP contribution in [0.15, 0.2) is 41.3 Å². The maximum Gasteiger partial charge on any atom is 0.404 e. The summed E-state index contributed by atoms with van der Waals surface area (Å²) in [6.07, 6.45) is 5.59. The molecule has 0 bridgehead atoms. The molecule has 2 unspecified atom stereocenters. The fourth-order valence-electron chi connectivity index (χ4n) is 7.56. The summed E-state index contributed by atoms with van der Waals surface area (Å²) in [7, 11) is 0. The van der Waals surface area contributed by atoms with Gasteiger partial charge in [0.25, 0.3) is 17.4 Å². The van der Waals surface area contributed by atoms with Crippen LogP contribution >= 0.6 is 0 Å². The average molecular weight is 764 g/mol. The molecule has 18 heteroatoms. The van der Waals surface area contributed by atoms with Gasteiger partial charge in [0.05, 0.1) is 24.0 Å². The number of hydrogen-bond acceptors (Lipinski definition) is 10. The van der Waals surface area contributed by atoms with Gasteiger partial charge in [0.1, 0.15) is 23.4 Å². The van der Waals surface area contributed by atoms with Crippen molar-refractivity contribution in [2.75, 3.05) is 13.1 Å².